The average Bonchev–Trinajstić information content (AvgIpc) is 2.61. The summed E-state index contributed by atoms with van der Waals surface area (Å²) in [6.45, 7) is 0. The van der Waals surface area contributed by atoms with Crippen molar-refractivity contribution in [3.63, 3.8) is 0 Å². The summed E-state index contributed by atoms with van der Waals surface area (Å²) < 4.78 is 9.28. The summed E-state index contributed by atoms with van der Waals surface area (Å²) in [7, 11) is 2.43. The SMILES string of the molecule is COC(=O)c1cc(NC(=O)Nc2ccc(Cl)cc2)cc(C(=O)OC)c1. The molecule has 2 aromatic carbocycles. The minimum absolute atomic E-state index is 0.104. The average molecular weight is 363 g/mol. The number of carbonyl (C=O) groups excluding carboxylic acids is 3. The summed E-state index contributed by atoms with van der Waals surface area (Å²) in [5.41, 5.74) is 0.966. The van der Waals surface area contributed by atoms with Gasteiger partial charge in [-0.25, -0.2) is 14.4 Å². The zero-order valence-corrected chi connectivity index (χ0v) is 14.2. The maximum absolute atomic E-state index is 12.1. The van der Waals surface area contributed by atoms with Crippen LogP contribution < -0.4 is 10.6 Å². The lowest BCUT2D eigenvalue weighted by Gasteiger charge is -2.10. The zero-order valence-electron chi connectivity index (χ0n) is 13.5. The van der Waals surface area contributed by atoms with Crippen LogP contribution >= 0.6 is 11.6 Å². The minimum atomic E-state index is -0.646. The fourth-order valence-corrected chi connectivity index (χ4v) is 2.12. The Morgan fingerprint density at radius 2 is 1.28 bits per heavy atom. The molecule has 25 heavy (non-hydrogen) atoms. The third-order valence-electron chi connectivity index (χ3n) is 3.14. The molecule has 0 radical (unpaired) electrons. The van der Waals surface area contributed by atoms with Crippen LogP contribution in [0.3, 0.4) is 0 Å². The Labute approximate surface area is 148 Å². The molecule has 2 amide bonds. The molecule has 0 atom stereocenters. The predicted octanol–water partition coefficient (Wildman–Crippen LogP) is 3.56. The molecule has 0 unspecified atom stereocenters. The minimum Gasteiger partial charge on any atom is -0.465 e. The van der Waals surface area contributed by atoms with Crippen LogP contribution in [0.15, 0.2) is 42.5 Å². The number of urea groups is 1. The number of benzene rings is 2. The number of anilines is 2. The summed E-state index contributed by atoms with van der Waals surface area (Å²) in [6, 6.07) is 10.1. The van der Waals surface area contributed by atoms with Gasteiger partial charge in [-0.2, -0.15) is 0 Å². The largest absolute Gasteiger partial charge is 0.465 e. The molecule has 0 aliphatic rings. The number of hydrogen-bond acceptors (Lipinski definition) is 5. The van der Waals surface area contributed by atoms with Gasteiger partial charge in [0.15, 0.2) is 0 Å². The molecule has 0 aliphatic heterocycles. The Kier molecular flexibility index (Phi) is 5.97. The quantitative estimate of drug-likeness (QED) is 0.811. The first-order valence-electron chi connectivity index (χ1n) is 7.08. The number of carbonyl (C=O) groups is 3. The fourth-order valence-electron chi connectivity index (χ4n) is 2.00. The first-order chi connectivity index (χ1) is 11.9. The van der Waals surface area contributed by atoms with Gasteiger partial charge >= 0.3 is 18.0 Å². The van der Waals surface area contributed by atoms with Gasteiger partial charge in [-0.15, -0.1) is 0 Å². The number of amides is 2. The Hall–Kier alpha value is -3.06. The number of rotatable bonds is 4. The molecule has 2 rings (SSSR count). The molecule has 0 saturated carbocycles. The van der Waals surface area contributed by atoms with E-state index in [0.717, 1.165) is 0 Å². The monoisotopic (exact) mass is 362 g/mol. The topological polar surface area (TPSA) is 93.7 Å². The van der Waals surface area contributed by atoms with Gasteiger partial charge in [-0.3, -0.25) is 0 Å². The molecule has 0 heterocycles. The highest BCUT2D eigenvalue weighted by atomic mass is 35.5. The van der Waals surface area contributed by atoms with E-state index in [1.54, 1.807) is 24.3 Å². The predicted molar refractivity (Wildman–Crippen MR) is 93.2 cm³/mol. The van der Waals surface area contributed by atoms with Crippen LogP contribution in [0, 0.1) is 0 Å². The molecule has 0 spiro atoms. The van der Waals surface area contributed by atoms with Crippen molar-refractivity contribution in [2.75, 3.05) is 24.9 Å². The number of methoxy groups -OCH3 is 2. The second kappa shape index (κ2) is 8.16. The molecule has 0 saturated heterocycles. The first-order valence-corrected chi connectivity index (χ1v) is 7.46. The lowest BCUT2D eigenvalue weighted by molar-refractivity contribution is 0.0599. The van der Waals surface area contributed by atoms with E-state index in [-0.39, 0.29) is 16.8 Å². The summed E-state index contributed by atoms with van der Waals surface area (Å²) in [5.74, 6) is -1.29. The van der Waals surface area contributed by atoms with Crippen molar-refractivity contribution in [2.45, 2.75) is 0 Å². The van der Waals surface area contributed by atoms with Crippen LogP contribution in [0.2, 0.25) is 5.02 Å². The molecular weight excluding hydrogens is 348 g/mol. The second-order valence-corrected chi connectivity index (χ2v) is 5.30. The molecular formula is C17H15ClN2O5. The van der Waals surface area contributed by atoms with E-state index in [1.807, 2.05) is 0 Å². The van der Waals surface area contributed by atoms with Gasteiger partial charge in [0.1, 0.15) is 0 Å². The van der Waals surface area contributed by atoms with Crippen LogP contribution in [0.5, 0.6) is 0 Å². The highest BCUT2D eigenvalue weighted by Crippen LogP contribution is 2.18. The zero-order chi connectivity index (χ0) is 18.4. The third-order valence-corrected chi connectivity index (χ3v) is 3.39. The molecule has 130 valence electrons. The Morgan fingerprint density at radius 1 is 0.800 bits per heavy atom. The van der Waals surface area contributed by atoms with Gasteiger partial charge in [0, 0.05) is 16.4 Å². The summed E-state index contributed by atoms with van der Waals surface area (Å²) in [4.78, 5) is 35.5. The highest BCUT2D eigenvalue weighted by molar-refractivity contribution is 6.30. The van der Waals surface area contributed by atoms with Crippen LogP contribution in [0.4, 0.5) is 16.2 Å². The molecule has 0 aromatic heterocycles. The smallest absolute Gasteiger partial charge is 0.337 e. The highest BCUT2D eigenvalue weighted by Gasteiger charge is 2.15. The number of hydrogen-bond donors (Lipinski definition) is 2. The fraction of sp³-hybridized carbons (Fsp3) is 0.118. The molecule has 0 fully saturated rings. The normalized spacial score (nSPS) is 9.88. The van der Waals surface area contributed by atoms with E-state index in [1.165, 1.54) is 32.4 Å². The molecule has 2 aromatic rings. The van der Waals surface area contributed by atoms with Crippen LogP contribution in [0.1, 0.15) is 20.7 Å². The van der Waals surface area contributed by atoms with E-state index >= 15 is 0 Å². The van der Waals surface area contributed by atoms with Crippen molar-refractivity contribution in [1.82, 2.24) is 0 Å². The van der Waals surface area contributed by atoms with Crippen molar-refractivity contribution in [2.24, 2.45) is 0 Å². The van der Waals surface area contributed by atoms with Gasteiger partial charge in [0.25, 0.3) is 0 Å². The van der Waals surface area contributed by atoms with Gasteiger partial charge in [0.2, 0.25) is 0 Å². The Morgan fingerprint density at radius 3 is 1.76 bits per heavy atom. The van der Waals surface area contributed by atoms with E-state index in [4.69, 9.17) is 11.6 Å². The maximum atomic E-state index is 12.1. The number of esters is 2. The first kappa shape index (κ1) is 18.3. The number of ether oxygens (including phenoxy) is 2. The van der Waals surface area contributed by atoms with E-state index < -0.39 is 18.0 Å². The van der Waals surface area contributed by atoms with Crippen molar-refractivity contribution < 1.29 is 23.9 Å². The standard InChI is InChI=1S/C17H15ClN2O5/c1-24-15(21)10-7-11(16(22)25-2)9-14(8-10)20-17(23)19-13-5-3-12(18)4-6-13/h3-9H,1-2H3,(H2,19,20,23). The Balaban J connectivity index is 2.21. The van der Waals surface area contributed by atoms with Gasteiger partial charge in [-0.05, 0) is 42.5 Å². The van der Waals surface area contributed by atoms with Crippen molar-refractivity contribution in [3.8, 4) is 0 Å². The molecule has 7 nitrogen and oxygen atoms in total. The van der Waals surface area contributed by atoms with Crippen molar-refractivity contribution >= 4 is 40.9 Å². The summed E-state index contributed by atoms with van der Waals surface area (Å²) >= 11 is 5.78. The lowest BCUT2D eigenvalue weighted by Crippen LogP contribution is -2.20. The lowest BCUT2D eigenvalue weighted by atomic mass is 10.1. The van der Waals surface area contributed by atoms with Gasteiger partial charge in [-0.1, -0.05) is 11.6 Å². The van der Waals surface area contributed by atoms with Crippen molar-refractivity contribution in [1.29, 1.82) is 0 Å². The summed E-state index contributed by atoms with van der Waals surface area (Å²) in [5, 5.41) is 5.69. The number of halogens is 1. The molecule has 0 bridgehead atoms. The number of nitrogens with one attached hydrogen (secondary N) is 2. The van der Waals surface area contributed by atoms with E-state index in [2.05, 4.69) is 20.1 Å². The Bertz CT molecular complexity index is 771. The molecule has 2 N–H and O–H groups in total. The summed E-state index contributed by atoms with van der Waals surface area (Å²) in [6.07, 6.45) is 0. The van der Waals surface area contributed by atoms with Crippen LogP contribution in [0.25, 0.3) is 0 Å². The molecule has 0 aliphatic carbocycles. The molecule has 8 heteroatoms. The van der Waals surface area contributed by atoms with Gasteiger partial charge < -0.3 is 20.1 Å². The van der Waals surface area contributed by atoms with Gasteiger partial charge in [0.05, 0.1) is 25.3 Å². The maximum Gasteiger partial charge on any atom is 0.337 e. The van der Waals surface area contributed by atoms with E-state index in [9.17, 15) is 14.4 Å². The van der Waals surface area contributed by atoms with Crippen LogP contribution in [-0.4, -0.2) is 32.2 Å². The van der Waals surface area contributed by atoms with E-state index in [0.29, 0.717) is 10.7 Å². The third kappa shape index (κ3) is 4.95. The van der Waals surface area contributed by atoms with Crippen LogP contribution in [-0.2, 0) is 9.47 Å². The second-order valence-electron chi connectivity index (χ2n) is 4.87. The van der Waals surface area contributed by atoms with Crippen molar-refractivity contribution in [3.05, 3.63) is 58.6 Å².